The third-order valence-corrected chi connectivity index (χ3v) is 4.41. The fourth-order valence-corrected chi connectivity index (χ4v) is 3.28. The Balaban J connectivity index is 1.62. The fraction of sp³-hybridized carbons (Fsp3) is 0.632. The summed E-state index contributed by atoms with van der Waals surface area (Å²) in [5.74, 6) is 1.72. The van der Waals surface area contributed by atoms with Crippen molar-refractivity contribution in [3.05, 3.63) is 24.3 Å². The molecule has 1 saturated heterocycles. The second kappa shape index (κ2) is 9.84. The molecule has 1 aromatic rings. The highest BCUT2D eigenvalue weighted by Gasteiger charge is 2.15. The van der Waals surface area contributed by atoms with Crippen LogP contribution in [0.1, 0.15) is 40.0 Å². The van der Waals surface area contributed by atoms with Gasteiger partial charge in [0, 0.05) is 18.8 Å². The summed E-state index contributed by atoms with van der Waals surface area (Å²) < 4.78 is 5.64. The van der Waals surface area contributed by atoms with Gasteiger partial charge in [0.15, 0.2) is 5.11 Å². The van der Waals surface area contributed by atoms with Gasteiger partial charge in [-0.3, -0.25) is 0 Å². The highest BCUT2D eigenvalue weighted by Crippen LogP contribution is 2.17. The third kappa shape index (κ3) is 7.05. The molecule has 1 aliphatic rings. The van der Waals surface area contributed by atoms with Gasteiger partial charge in [-0.05, 0) is 88.6 Å². The summed E-state index contributed by atoms with van der Waals surface area (Å²) >= 11 is 5.36. The van der Waals surface area contributed by atoms with Gasteiger partial charge >= 0.3 is 0 Å². The van der Waals surface area contributed by atoms with E-state index >= 15 is 0 Å². The highest BCUT2D eigenvalue weighted by atomic mass is 32.1. The molecule has 4 nitrogen and oxygen atoms in total. The average molecular weight is 350 g/mol. The molecule has 5 heteroatoms. The Morgan fingerprint density at radius 2 is 2.08 bits per heavy atom. The normalized spacial score (nSPS) is 18.4. The van der Waals surface area contributed by atoms with Gasteiger partial charge in [0.25, 0.3) is 0 Å². The lowest BCUT2D eigenvalue weighted by Crippen LogP contribution is -2.37. The van der Waals surface area contributed by atoms with Crippen LogP contribution in [-0.4, -0.2) is 42.3 Å². The monoisotopic (exact) mass is 349 g/mol. The lowest BCUT2D eigenvalue weighted by Gasteiger charge is -2.30. The second-order valence-electron chi connectivity index (χ2n) is 6.97. The Kier molecular flexibility index (Phi) is 7.79. The van der Waals surface area contributed by atoms with E-state index in [0.717, 1.165) is 36.9 Å². The summed E-state index contributed by atoms with van der Waals surface area (Å²) in [6.45, 7) is 10.9. The third-order valence-electron chi connectivity index (χ3n) is 4.16. The number of hydrogen-bond donors (Lipinski definition) is 2. The lowest BCUT2D eigenvalue weighted by molar-refractivity contribution is 0.182. The van der Waals surface area contributed by atoms with Crippen molar-refractivity contribution in [2.45, 2.75) is 46.1 Å². The average Bonchev–Trinajstić information content (AvgIpc) is 2.53. The minimum Gasteiger partial charge on any atom is -0.491 e. The van der Waals surface area contributed by atoms with Crippen LogP contribution in [0.5, 0.6) is 5.75 Å². The summed E-state index contributed by atoms with van der Waals surface area (Å²) in [5.41, 5.74) is 0.980. The maximum absolute atomic E-state index is 5.64. The largest absolute Gasteiger partial charge is 0.491 e. The van der Waals surface area contributed by atoms with Crippen LogP contribution in [0.15, 0.2) is 24.3 Å². The summed E-state index contributed by atoms with van der Waals surface area (Å²) in [4.78, 5) is 2.57. The molecule has 1 aliphatic heterocycles. The molecule has 0 saturated carbocycles. The van der Waals surface area contributed by atoms with Gasteiger partial charge in [-0.25, -0.2) is 0 Å². The molecule has 2 N–H and O–H groups in total. The van der Waals surface area contributed by atoms with Crippen molar-refractivity contribution in [3.63, 3.8) is 0 Å². The van der Waals surface area contributed by atoms with Gasteiger partial charge in [-0.2, -0.15) is 0 Å². The van der Waals surface area contributed by atoms with E-state index in [1.807, 2.05) is 38.1 Å². The molecule has 0 spiro atoms. The second-order valence-corrected chi connectivity index (χ2v) is 7.38. The fourth-order valence-electron chi connectivity index (χ4n) is 3.06. The first-order valence-corrected chi connectivity index (χ1v) is 9.47. The molecular formula is C19H31N3OS. The van der Waals surface area contributed by atoms with Gasteiger partial charge in [-0.15, -0.1) is 0 Å². The number of rotatable bonds is 7. The molecule has 0 radical (unpaired) electrons. The van der Waals surface area contributed by atoms with Crippen molar-refractivity contribution in [1.29, 1.82) is 0 Å². The molecule has 2 rings (SSSR count). The van der Waals surface area contributed by atoms with Crippen molar-refractivity contribution in [1.82, 2.24) is 10.2 Å². The lowest BCUT2D eigenvalue weighted by atomic mass is 10.0. The predicted molar refractivity (Wildman–Crippen MR) is 106 cm³/mol. The molecular weight excluding hydrogens is 318 g/mol. The van der Waals surface area contributed by atoms with E-state index in [1.54, 1.807) is 0 Å². The van der Waals surface area contributed by atoms with E-state index in [1.165, 1.54) is 25.9 Å². The summed E-state index contributed by atoms with van der Waals surface area (Å²) in [5, 5.41) is 7.19. The van der Waals surface area contributed by atoms with Gasteiger partial charge in [0.05, 0.1) is 6.10 Å². The van der Waals surface area contributed by atoms with E-state index in [-0.39, 0.29) is 6.10 Å². The summed E-state index contributed by atoms with van der Waals surface area (Å²) in [7, 11) is 0. The number of benzene rings is 1. The Morgan fingerprint density at radius 1 is 1.33 bits per heavy atom. The van der Waals surface area contributed by atoms with Crippen LogP contribution in [0.2, 0.25) is 0 Å². The molecule has 0 bridgehead atoms. The van der Waals surface area contributed by atoms with Crippen molar-refractivity contribution in [3.8, 4) is 5.75 Å². The Hall–Kier alpha value is -1.33. The summed E-state index contributed by atoms with van der Waals surface area (Å²) in [6.07, 6.45) is 4.03. The van der Waals surface area contributed by atoms with Crippen molar-refractivity contribution < 1.29 is 4.74 Å². The van der Waals surface area contributed by atoms with Crippen molar-refractivity contribution in [2.75, 3.05) is 31.5 Å². The maximum atomic E-state index is 5.64. The highest BCUT2D eigenvalue weighted by molar-refractivity contribution is 7.80. The number of nitrogens with zero attached hydrogens (tertiary/aromatic N) is 1. The first kappa shape index (κ1) is 19.0. The minimum atomic E-state index is 0.189. The maximum Gasteiger partial charge on any atom is 0.170 e. The zero-order valence-corrected chi connectivity index (χ0v) is 16.0. The molecule has 1 fully saturated rings. The van der Waals surface area contributed by atoms with E-state index in [2.05, 4.69) is 22.5 Å². The number of ether oxygens (including phenoxy) is 1. The first-order valence-electron chi connectivity index (χ1n) is 9.07. The molecule has 1 aromatic carbocycles. The minimum absolute atomic E-state index is 0.189. The van der Waals surface area contributed by atoms with Crippen LogP contribution < -0.4 is 15.4 Å². The Labute approximate surface area is 152 Å². The van der Waals surface area contributed by atoms with Crippen LogP contribution in [0.4, 0.5) is 5.69 Å². The topological polar surface area (TPSA) is 36.5 Å². The number of anilines is 1. The Morgan fingerprint density at radius 3 is 2.75 bits per heavy atom. The van der Waals surface area contributed by atoms with Gasteiger partial charge in [0.2, 0.25) is 0 Å². The SMILES string of the molecule is CC(C)Oc1ccc(NC(=S)NCCCN2CCC[C@@H](C)C2)cc1. The molecule has 24 heavy (non-hydrogen) atoms. The van der Waals surface area contributed by atoms with Crippen LogP contribution in [0.25, 0.3) is 0 Å². The number of hydrogen-bond acceptors (Lipinski definition) is 3. The van der Waals surface area contributed by atoms with Gasteiger partial charge in [-0.1, -0.05) is 6.92 Å². The van der Waals surface area contributed by atoms with Gasteiger partial charge in [0.1, 0.15) is 5.75 Å². The smallest absolute Gasteiger partial charge is 0.170 e. The standard InChI is InChI=1S/C19H31N3OS/c1-15(2)23-18-9-7-17(8-10-18)21-19(24)20-11-5-13-22-12-4-6-16(3)14-22/h7-10,15-16H,4-6,11-14H2,1-3H3,(H2,20,21,24)/t16-/m1/s1. The van der Waals surface area contributed by atoms with Gasteiger partial charge < -0.3 is 20.3 Å². The predicted octanol–water partition coefficient (Wildman–Crippen LogP) is 3.88. The van der Waals surface area contributed by atoms with E-state index in [4.69, 9.17) is 17.0 Å². The summed E-state index contributed by atoms with van der Waals surface area (Å²) in [6, 6.07) is 7.90. The zero-order valence-electron chi connectivity index (χ0n) is 15.2. The molecule has 0 aromatic heterocycles. The van der Waals surface area contributed by atoms with Crippen molar-refractivity contribution >= 4 is 23.0 Å². The van der Waals surface area contributed by atoms with Crippen LogP contribution in [-0.2, 0) is 0 Å². The number of nitrogens with one attached hydrogen (secondary N) is 2. The van der Waals surface area contributed by atoms with Crippen LogP contribution in [0.3, 0.4) is 0 Å². The first-order chi connectivity index (χ1) is 11.5. The van der Waals surface area contributed by atoms with E-state index < -0.39 is 0 Å². The van der Waals surface area contributed by atoms with Crippen LogP contribution in [0, 0.1) is 5.92 Å². The van der Waals surface area contributed by atoms with Crippen LogP contribution >= 0.6 is 12.2 Å². The molecule has 134 valence electrons. The van der Waals surface area contributed by atoms with E-state index in [9.17, 15) is 0 Å². The number of likely N-dealkylation sites (tertiary alicyclic amines) is 1. The van der Waals surface area contributed by atoms with Crippen molar-refractivity contribution in [2.24, 2.45) is 5.92 Å². The van der Waals surface area contributed by atoms with E-state index in [0.29, 0.717) is 5.11 Å². The molecule has 1 atom stereocenters. The molecule has 0 unspecified atom stereocenters. The number of thiocarbonyl (C=S) groups is 1. The molecule has 0 amide bonds. The zero-order chi connectivity index (χ0) is 17.4. The molecule has 0 aliphatic carbocycles. The Bertz CT molecular complexity index is 504. The number of piperidine rings is 1. The quantitative estimate of drug-likeness (QED) is 0.577. The molecule has 1 heterocycles.